The van der Waals surface area contributed by atoms with Crippen LogP contribution in [0.4, 0.5) is 0 Å². The maximum absolute atomic E-state index is 13.2. The summed E-state index contributed by atoms with van der Waals surface area (Å²) in [5, 5.41) is 14.9. The Hall–Kier alpha value is -2.77. The fourth-order valence-corrected chi connectivity index (χ4v) is 5.08. The van der Waals surface area contributed by atoms with E-state index in [1.54, 1.807) is 4.90 Å². The van der Waals surface area contributed by atoms with Crippen molar-refractivity contribution in [2.75, 3.05) is 46.3 Å². The number of nitrogens with two attached hydrogens (primary N) is 2. The number of carbonyl (C=O) groups is 4. The van der Waals surface area contributed by atoms with E-state index in [1.165, 1.54) is 0 Å². The molecule has 2 rings (SSSR count). The molecule has 3 amide bonds. The molecular weight excluding hydrogens is 514 g/mol. The third-order valence-corrected chi connectivity index (χ3v) is 7.42. The van der Waals surface area contributed by atoms with Crippen LogP contribution >= 0.6 is 0 Å². The van der Waals surface area contributed by atoms with Crippen molar-refractivity contribution in [3.05, 3.63) is 0 Å². The first-order valence-electron chi connectivity index (χ1n) is 14.8. The standard InChI is InChI=1S/C27H51N9O4/c1-3-4-11-19-25(39)34-20(16-33-19)23(37)18-36-17-21(24(38)31-14-9-7-5-6-8-13-30-2)35-26(40)22(36)12-10-15-32-27(28)29/h19-22,30,33H,3-18H2,1-2H3,(H,31,38)(H,34,39)(H,35,40)(H4,28,29,32)/t19-,20+,21+,22-/m0/s1. The van der Waals surface area contributed by atoms with Gasteiger partial charge >= 0.3 is 0 Å². The second-order valence-electron chi connectivity index (χ2n) is 10.7. The van der Waals surface area contributed by atoms with Gasteiger partial charge in [-0.15, -0.1) is 0 Å². The van der Waals surface area contributed by atoms with Crippen LogP contribution in [-0.4, -0.2) is 105 Å². The first kappa shape index (κ1) is 33.4. The van der Waals surface area contributed by atoms with Crippen LogP contribution in [0.2, 0.25) is 0 Å². The third kappa shape index (κ3) is 11.8. The highest BCUT2D eigenvalue weighted by Gasteiger charge is 2.39. The Morgan fingerprint density at radius 3 is 2.33 bits per heavy atom. The third-order valence-electron chi connectivity index (χ3n) is 7.42. The average Bonchev–Trinajstić information content (AvgIpc) is 2.92. The fraction of sp³-hybridized carbons (Fsp3) is 0.815. The van der Waals surface area contributed by atoms with E-state index in [-0.39, 0.29) is 48.6 Å². The van der Waals surface area contributed by atoms with Crippen molar-refractivity contribution in [2.45, 2.75) is 95.3 Å². The smallest absolute Gasteiger partial charge is 0.243 e. The van der Waals surface area contributed by atoms with E-state index in [2.05, 4.69) is 38.5 Å². The minimum absolute atomic E-state index is 0.0207. The van der Waals surface area contributed by atoms with Crippen molar-refractivity contribution >= 4 is 29.5 Å². The molecule has 2 heterocycles. The topological polar surface area (TPSA) is 196 Å². The number of Topliss-reactive ketones (excluding diaryl/α,β-unsaturated/α-hetero) is 1. The number of guanidine groups is 1. The first-order chi connectivity index (χ1) is 19.3. The first-order valence-corrected chi connectivity index (χ1v) is 14.8. The van der Waals surface area contributed by atoms with E-state index in [0.717, 1.165) is 57.9 Å². The lowest BCUT2D eigenvalue weighted by Crippen LogP contribution is -2.66. The Labute approximate surface area is 238 Å². The Kier molecular flexibility index (Phi) is 15.5. The van der Waals surface area contributed by atoms with Crippen LogP contribution in [0.3, 0.4) is 0 Å². The second kappa shape index (κ2) is 18.6. The summed E-state index contributed by atoms with van der Waals surface area (Å²) in [7, 11) is 1.94. The molecule has 0 aliphatic carbocycles. The number of nitrogens with one attached hydrogen (secondary N) is 5. The van der Waals surface area contributed by atoms with Crippen LogP contribution in [0.25, 0.3) is 0 Å². The van der Waals surface area contributed by atoms with Gasteiger partial charge in [-0.3, -0.25) is 29.1 Å². The number of hydrogen-bond donors (Lipinski definition) is 7. The molecule has 9 N–H and O–H groups in total. The zero-order valence-corrected chi connectivity index (χ0v) is 24.3. The summed E-state index contributed by atoms with van der Waals surface area (Å²) in [5.41, 5.74) is 10.8. The number of aliphatic imine (C=N–C) groups is 1. The number of amides is 3. The monoisotopic (exact) mass is 565 g/mol. The quantitative estimate of drug-likeness (QED) is 0.0566. The molecule has 13 nitrogen and oxygen atoms in total. The molecule has 0 radical (unpaired) electrons. The molecule has 0 aromatic carbocycles. The molecule has 2 aliphatic rings. The highest BCUT2D eigenvalue weighted by atomic mass is 16.2. The summed E-state index contributed by atoms with van der Waals surface area (Å²) in [6.07, 6.45) is 8.89. The Morgan fingerprint density at radius 2 is 1.65 bits per heavy atom. The van der Waals surface area contributed by atoms with Gasteiger partial charge in [-0.05, 0) is 45.7 Å². The molecule has 0 spiro atoms. The Balaban J connectivity index is 1.94. The molecule has 0 bridgehead atoms. The van der Waals surface area contributed by atoms with E-state index >= 15 is 0 Å². The predicted octanol–water partition coefficient (Wildman–Crippen LogP) is -1.29. The van der Waals surface area contributed by atoms with E-state index in [1.807, 2.05) is 7.05 Å². The number of piperazine rings is 2. The van der Waals surface area contributed by atoms with Gasteiger partial charge in [0.05, 0.1) is 18.6 Å². The molecule has 4 atom stereocenters. The summed E-state index contributed by atoms with van der Waals surface area (Å²) in [6, 6.07) is -2.35. The number of nitrogens with zero attached hydrogens (tertiary/aromatic N) is 2. The zero-order chi connectivity index (χ0) is 29.3. The van der Waals surface area contributed by atoms with E-state index in [4.69, 9.17) is 11.5 Å². The Morgan fingerprint density at radius 1 is 0.950 bits per heavy atom. The predicted molar refractivity (Wildman–Crippen MR) is 155 cm³/mol. The van der Waals surface area contributed by atoms with Crippen molar-refractivity contribution in [1.29, 1.82) is 0 Å². The normalized spacial score (nSPS) is 23.2. The van der Waals surface area contributed by atoms with E-state index < -0.39 is 18.1 Å². The van der Waals surface area contributed by atoms with Crippen molar-refractivity contribution < 1.29 is 19.2 Å². The maximum atomic E-state index is 13.2. The lowest BCUT2D eigenvalue weighted by atomic mass is 9.99. The number of rotatable bonds is 19. The van der Waals surface area contributed by atoms with Crippen molar-refractivity contribution in [2.24, 2.45) is 16.5 Å². The van der Waals surface area contributed by atoms with Gasteiger partial charge in [-0.25, -0.2) is 0 Å². The van der Waals surface area contributed by atoms with Gasteiger partial charge in [-0.2, -0.15) is 0 Å². The summed E-state index contributed by atoms with van der Waals surface area (Å²) in [4.78, 5) is 57.5. The molecule has 40 heavy (non-hydrogen) atoms. The van der Waals surface area contributed by atoms with Crippen LogP contribution in [0.5, 0.6) is 0 Å². The number of hydrogen-bond acceptors (Lipinski definition) is 8. The summed E-state index contributed by atoms with van der Waals surface area (Å²) < 4.78 is 0. The molecule has 13 heteroatoms. The van der Waals surface area contributed by atoms with Gasteiger partial charge in [0, 0.05) is 26.2 Å². The highest BCUT2D eigenvalue weighted by Crippen LogP contribution is 2.16. The Bertz CT molecular complexity index is 850. The summed E-state index contributed by atoms with van der Waals surface area (Å²) >= 11 is 0. The van der Waals surface area contributed by atoms with Crippen LogP contribution in [-0.2, 0) is 19.2 Å². The van der Waals surface area contributed by atoms with E-state index in [0.29, 0.717) is 32.5 Å². The van der Waals surface area contributed by atoms with Gasteiger partial charge in [0.1, 0.15) is 12.1 Å². The average molecular weight is 566 g/mol. The molecule has 0 saturated carbocycles. The second-order valence-corrected chi connectivity index (χ2v) is 10.7. The highest BCUT2D eigenvalue weighted by molar-refractivity contribution is 5.95. The van der Waals surface area contributed by atoms with Gasteiger partial charge in [0.25, 0.3) is 0 Å². The van der Waals surface area contributed by atoms with Crippen LogP contribution in [0.1, 0.15) is 71.1 Å². The molecule has 0 aromatic rings. The lowest BCUT2D eigenvalue weighted by molar-refractivity contribution is -0.140. The molecule has 2 aliphatic heterocycles. The summed E-state index contributed by atoms with van der Waals surface area (Å²) in [6.45, 7) is 4.46. The molecule has 2 saturated heterocycles. The van der Waals surface area contributed by atoms with Gasteiger partial charge in [0.15, 0.2) is 11.7 Å². The minimum Gasteiger partial charge on any atom is -0.370 e. The molecule has 0 aromatic heterocycles. The number of carbonyl (C=O) groups excluding carboxylic acids is 4. The lowest BCUT2D eigenvalue weighted by Gasteiger charge is -2.39. The zero-order valence-electron chi connectivity index (χ0n) is 24.3. The number of ketones is 1. The minimum atomic E-state index is -0.762. The van der Waals surface area contributed by atoms with Crippen LogP contribution < -0.4 is 38.1 Å². The fourth-order valence-electron chi connectivity index (χ4n) is 5.08. The van der Waals surface area contributed by atoms with Crippen molar-refractivity contribution in [1.82, 2.24) is 31.5 Å². The molecular formula is C27H51N9O4. The largest absolute Gasteiger partial charge is 0.370 e. The van der Waals surface area contributed by atoms with Crippen LogP contribution in [0, 0.1) is 0 Å². The van der Waals surface area contributed by atoms with Gasteiger partial charge in [-0.1, -0.05) is 39.0 Å². The van der Waals surface area contributed by atoms with Crippen LogP contribution in [0.15, 0.2) is 4.99 Å². The maximum Gasteiger partial charge on any atom is 0.243 e. The molecule has 0 unspecified atom stereocenters. The van der Waals surface area contributed by atoms with Crippen molar-refractivity contribution in [3.8, 4) is 0 Å². The molecule has 2 fully saturated rings. The van der Waals surface area contributed by atoms with Gasteiger partial charge in [0.2, 0.25) is 17.7 Å². The summed E-state index contributed by atoms with van der Waals surface area (Å²) in [5.74, 6) is -0.962. The molecule has 228 valence electrons. The van der Waals surface area contributed by atoms with Gasteiger partial charge < -0.3 is 38.1 Å². The number of unbranched alkanes of at least 4 members (excludes halogenated alkanes) is 5. The van der Waals surface area contributed by atoms with E-state index in [9.17, 15) is 19.2 Å². The van der Waals surface area contributed by atoms with Crippen molar-refractivity contribution in [3.63, 3.8) is 0 Å². The SMILES string of the molecule is CCCC[C@@H]1NC[C@H](C(=O)CN2C[C@H](C(=O)NCCCCCCCNC)NC(=O)[C@@H]2CCCN=C(N)N)NC1=O.